The van der Waals surface area contributed by atoms with E-state index in [1.807, 2.05) is 6.92 Å². The third-order valence-corrected chi connectivity index (χ3v) is 5.36. The molecule has 0 aromatic heterocycles. The summed E-state index contributed by atoms with van der Waals surface area (Å²) in [6.45, 7) is 1.88. The zero-order chi connectivity index (χ0) is 16.6. The summed E-state index contributed by atoms with van der Waals surface area (Å²) in [6, 6.07) is 13.3. The molecule has 0 heterocycles. The lowest BCUT2D eigenvalue weighted by molar-refractivity contribution is 0.104. The number of ketones is 1. The normalized spacial score (nSPS) is 16.2. The molecule has 1 aliphatic rings. The minimum atomic E-state index is -3.85. The molecule has 0 N–H and O–H groups in total. The van der Waals surface area contributed by atoms with Crippen molar-refractivity contribution in [2.24, 2.45) is 4.40 Å². The Balaban J connectivity index is 2.15. The van der Waals surface area contributed by atoms with Crippen LogP contribution in [0.3, 0.4) is 0 Å². The smallest absolute Gasteiger partial charge is 0.282 e. The highest BCUT2D eigenvalue weighted by Crippen LogP contribution is 2.26. The number of carbonyl (C=O) groups is 1. The molecule has 2 aromatic carbocycles. The van der Waals surface area contributed by atoms with Crippen LogP contribution in [0.5, 0.6) is 0 Å². The molecule has 0 aliphatic heterocycles. The fourth-order valence-electron chi connectivity index (χ4n) is 2.26. The number of carbonyl (C=O) groups excluding carboxylic acids is 1. The van der Waals surface area contributed by atoms with Gasteiger partial charge in [-0.2, -0.15) is 12.8 Å². The van der Waals surface area contributed by atoms with E-state index in [4.69, 9.17) is 0 Å². The van der Waals surface area contributed by atoms with E-state index in [1.165, 1.54) is 18.2 Å². The molecule has 1 aliphatic carbocycles. The Labute approximate surface area is 142 Å². The topological polar surface area (TPSA) is 63.6 Å². The Morgan fingerprint density at radius 1 is 0.957 bits per heavy atom. The number of halogens is 1. The van der Waals surface area contributed by atoms with Crippen molar-refractivity contribution < 1.29 is 13.2 Å². The number of rotatable bonds is 2. The summed E-state index contributed by atoms with van der Waals surface area (Å²) < 4.78 is 29.2. The predicted octanol–water partition coefficient (Wildman–Crippen LogP) is 3.65. The second kappa shape index (κ2) is 5.86. The number of benzene rings is 2. The number of nitrogens with zero attached hydrogens (tertiary/aromatic N) is 1. The third-order valence-electron chi connectivity index (χ3n) is 3.47. The molecule has 0 saturated carbocycles. The molecule has 2 aromatic rings. The molecule has 0 spiro atoms. The van der Waals surface area contributed by atoms with Gasteiger partial charge in [-0.05, 0) is 41.1 Å². The Hall–Kier alpha value is -2.05. The highest BCUT2D eigenvalue weighted by atomic mass is 79.9. The van der Waals surface area contributed by atoms with Crippen LogP contribution in [0.4, 0.5) is 0 Å². The van der Waals surface area contributed by atoms with E-state index in [-0.39, 0.29) is 20.9 Å². The molecule has 0 unspecified atom stereocenters. The van der Waals surface area contributed by atoms with Gasteiger partial charge in [0.1, 0.15) is 0 Å². The molecule has 0 radical (unpaired) electrons. The maximum Gasteiger partial charge on any atom is 0.282 e. The molecule has 23 heavy (non-hydrogen) atoms. The Bertz CT molecular complexity index is 958. The van der Waals surface area contributed by atoms with E-state index in [1.54, 1.807) is 36.4 Å². The predicted molar refractivity (Wildman–Crippen MR) is 92.7 cm³/mol. The third kappa shape index (κ3) is 3.04. The van der Waals surface area contributed by atoms with Crippen molar-refractivity contribution in [1.29, 1.82) is 0 Å². The molecule has 6 heteroatoms. The lowest BCUT2D eigenvalue weighted by Gasteiger charge is -2.14. The fourth-order valence-corrected chi connectivity index (χ4v) is 3.69. The first-order valence-electron chi connectivity index (χ1n) is 6.81. The van der Waals surface area contributed by atoms with E-state index in [0.717, 1.165) is 5.56 Å². The van der Waals surface area contributed by atoms with Crippen molar-refractivity contribution in [3.8, 4) is 0 Å². The van der Waals surface area contributed by atoms with Gasteiger partial charge in [0.05, 0.1) is 15.1 Å². The maximum absolute atomic E-state index is 12.5. The van der Waals surface area contributed by atoms with Crippen molar-refractivity contribution in [1.82, 2.24) is 0 Å². The minimum absolute atomic E-state index is 0.120. The van der Waals surface area contributed by atoms with Crippen LogP contribution in [0, 0.1) is 6.92 Å². The average Bonchev–Trinajstić information content (AvgIpc) is 2.52. The van der Waals surface area contributed by atoms with Gasteiger partial charge < -0.3 is 0 Å². The number of Topliss-reactive ketones (excluding diaryl/α,β-unsaturated/α-hetero) is 1. The lowest BCUT2D eigenvalue weighted by Crippen LogP contribution is -2.16. The van der Waals surface area contributed by atoms with E-state index in [2.05, 4.69) is 20.3 Å². The second-order valence-corrected chi connectivity index (χ2v) is 7.59. The number of hydrogen-bond acceptors (Lipinski definition) is 3. The summed E-state index contributed by atoms with van der Waals surface area (Å²) in [5.41, 5.74) is 2.15. The van der Waals surface area contributed by atoms with Crippen LogP contribution < -0.4 is 0 Å². The fraction of sp³-hybridized carbons (Fsp3) is 0.0588. The van der Waals surface area contributed by atoms with Gasteiger partial charge in [-0.3, -0.25) is 4.79 Å². The van der Waals surface area contributed by atoms with Crippen LogP contribution in [0.25, 0.3) is 0 Å². The first-order valence-corrected chi connectivity index (χ1v) is 9.05. The first-order chi connectivity index (χ1) is 10.9. The summed E-state index contributed by atoms with van der Waals surface area (Å²) in [4.78, 5) is 12.2. The second-order valence-electron chi connectivity index (χ2n) is 5.13. The van der Waals surface area contributed by atoms with Crippen LogP contribution in [0.15, 0.2) is 68.4 Å². The zero-order valence-electron chi connectivity index (χ0n) is 12.2. The number of sulfonamides is 1. The molecule has 4 nitrogen and oxygen atoms in total. The summed E-state index contributed by atoms with van der Waals surface area (Å²) in [7, 11) is -3.85. The number of fused-ring (bicyclic) bond motifs is 1. The van der Waals surface area contributed by atoms with Gasteiger partial charge in [-0.25, -0.2) is 0 Å². The van der Waals surface area contributed by atoms with Crippen LogP contribution in [0.2, 0.25) is 0 Å². The average molecular weight is 390 g/mol. The molecule has 0 atom stereocenters. The Morgan fingerprint density at radius 3 is 2.22 bits per heavy atom. The van der Waals surface area contributed by atoms with E-state index >= 15 is 0 Å². The molecule has 116 valence electrons. The summed E-state index contributed by atoms with van der Waals surface area (Å²) in [6.07, 6.45) is 1.44. The Morgan fingerprint density at radius 2 is 1.57 bits per heavy atom. The summed E-state index contributed by atoms with van der Waals surface area (Å²) in [5, 5.41) is 0. The van der Waals surface area contributed by atoms with Gasteiger partial charge in [-0.15, -0.1) is 0 Å². The van der Waals surface area contributed by atoms with Crippen molar-refractivity contribution in [3.05, 3.63) is 75.8 Å². The molecular weight excluding hydrogens is 378 g/mol. The Kier molecular flexibility index (Phi) is 4.04. The summed E-state index contributed by atoms with van der Waals surface area (Å²) >= 11 is 3.17. The molecule has 0 bridgehead atoms. The molecule has 0 fully saturated rings. The number of allylic oxidation sites excluding steroid dienone is 2. The monoisotopic (exact) mass is 389 g/mol. The van der Waals surface area contributed by atoms with Crippen LogP contribution in [-0.4, -0.2) is 19.9 Å². The highest BCUT2D eigenvalue weighted by molar-refractivity contribution is 9.12. The van der Waals surface area contributed by atoms with Gasteiger partial charge in [-0.1, -0.05) is 42.0 Å². The molecule has 0 saturated heterocycles. The van der Waals surface area contributed by atoms with Crippen molar-refractivity contribution >= 4 is 37.4 Å². The van der Waals surface area contributed by atoms with E-state index in [0.29, 0.717) is 11.1 Å². The zero-order valence-corrected chi connectivity index (χ0v) is 14.6. The molecule has 3 rings (SSSR count). The van der Waals surface area contributed by atoms with Gasteiger partial charge in [0.15, 0.2) is 0 Å². The van der Waals surface area contributed by atoms with Gasteiger partial charge >= 0.3 is 0 Å². The maximum atomic E-state index is 12.5. The number of hydrogen-bond donors (Lipinski definition) is 0. The van der Waals surface area contributed by atoms with Crippen molar-refractivity contribution in [2.75, 3.05) is 0 Å². The SMILES string of the molecule is Cc1ccc(S(=O)(=O)/N=C2\C=C(Br)C(=O)c3ccccc32)cc1. The molecular formula is C17H12BrNO3S. The van der Waals surface area contributed by atoms with Crippen molar-refractivity contribution in [3.63, 3.8) is 0 Å². The van der Waals surface area contributed by atoms with Gasteiger partial charge in [0.25, 0.3) is 10.0 Å². The van der Waals surface area contributed by atoms with Crippen molar-refractivity contribution in [2.45, 2.75) is 11.8 Å². The number of aryl methyl sites for hydroxylation is 1. The van der Waals surface area contributed by atoms with Gasteiger partial charge in [0.2, 0.25) is 5.78 Å². The largest absolute Gasteiger partial charge is 0.288 e. The quantitative estimate of drug-likeness (QED) is 0.787. The van der Waals surface area contributed by atoms with Crippen LogP contribution >= 0.6 is 15.9 Å². The van der Waals surface area contributed by atoms with E-state index < -0.39 is 10.0 Å². The standard InChI is InChI=1S/C17H12BrNO3S/c1-11-6-8-12(9-7-11)23(21,22)19-16-10-15(18)17(20)14-5-3-2-4-13(14)16/h2-10H,1H3/b19-16+. The highest BCUT2D eigenvalue weighted by Gasteiger charge is 2.24. The van der Waals surface area contributed by atoms with E-state index in [9.17, 15) is 13.2 Å². The minimum Gasteiger partial charge on any atom is -0.288 e. The molecule has 0 amide bonds. The first kappa shape index (κ1) is 15.8. The van der Waals surface area contributed by atoms with Gasteiger partial charge in [0, 0.05) is 11.1 Å². The lowest BCUT2D eigenvalue weighted by atomic mass is 9.94. The summed E-state index contributed by atoms with van der Waals surface area (Å²) in [5.74, 6) is -0.188. The van der Waals surface area contributed by atoms with Crippen LogP contribution in [0.1, 0.15) is 21.5 Å². The van der Waals surface area contributed by atoms with Crippen LogP contribution in [-0.2, 0) is 10.0 Å².